The summed E-state index contributed by atoms with van der Waals surface area (Å²) in [6.07, 6.45) is 5.48. The molecule has 1 aliphatic heterocycles. The van der Waals surface area contributed by atoms with Crippen LogP contribution in [0.25, 0.3) is 0 Å². The average Bonchev–Trinajstić information content (AvgIpc) is 2.58. The van der Waals surface area contributed by atoms with Crippen LogP contribution in [0.2, 0.25) is 0 Å². The number of hydrogen-bond donors (Lipinski definition) is 1. The van der Waals surface area contributed by atoms with Crippen LogP contribution in [0.4, 0.5) is 0 Å². The molecule has 19 heavy (non-hydrogen) atoms. The molecule has 0 aromatic heterocycles. The van der Waals surface area contributed by atoms with E-state index in [0.29, 0.717) is 6.54 Å². The Labute approximate surface area is 115 Å². The van der Waals surface area contributed by atoms with E-state index in [9.17, 15) is 0 Å². The second-order valence-corrected chi connectivity index (χ2v) is 5.90. The molecule has 0 saturated carbocycles. The minimum absolute atomic E-state index is 0.354. The molecule has 2 rings (SSSR count). The predicted octanol–water partition coefficient (Wildman–Crippen LogP) is 1.43. The van der Waals surface area contributed by atoms with Gasteiger partial charge in [-0.15, -0.1) is 6.42 Å². The fourth-order valence-corrected chi connectivity index (χ4v) is 2.03. The molecule has 0 atom stereocenters. The Morgan fingerprint density at radius 3 is 2.21 bits per heavy atom. The van der Waals surface area contributed by atoms with Crippen molar-refractivity contribution in [3.05, 3.63) is 29.3 Å². The summed E-state index contributed by atoms with van der Waals surface area (Å²) >= 11 is 0. The van der Waals surface area contributed by atoms with Gasteiger partial charge in [-0.3, -0.25) is 0 Å². The Balaban J connectivity index is 2.37. The maximum Gasteiger partial charge on any atom is 0.494 e. The zero-order chi connectivity index (χ0) is 14.3. The Kier molecular flexibility index (Phi) is 3.48. The van der Waals surface area contributed by atoms with Gasteiger partial charge in [-0.1, -0.05) is 12.0 Å². The number of terminal acetylenes is 1. The minimum atomic E-state index is -0.399. The van der Waals surface area contributed by atoms with Gasteiger partial charge in [0.15, 0.2) is 0 Å². The molecule has 0 bridgehead atoms. The molecule has 1 aliphatic rings. The number of benzene rings is 1. The van der Waals surface area contributed by atoms with E-state index in [1.54, 1.807) is 0 Å². The van der Waals surface area contributed by atoms with E-state index in [2.05, 4.69) is 5.92 Å². The highest BCUT2D eigenvalue weighted by atomic mass is 16.7. The molecule has 1 aromatic rings. The molecule has 0 aliphatic carbocycles. The third kappa shape index (κ3) is 2.55. The Bertz CT molecular complexity index is 515. The second kappa shape index (κ2) is 4.68. The SMILES string of the molecule is C#Cc1cc(CN)cc(B2OC(C)(C)C(C)(C)O2)c1. The molecule has 1 saturated heterocycles. The maximum absolute atomic E-state index is 6.02. The first-order chi connectivity index (χ1) is 8.79. The van der Waals surface area contributed by atoms with Crippen molar-refractivity contribution in [3.63, 3.8) is 0 Å². The molecule has 3 nitrogen and oxygen atoms in total. The van der Waals surface area contributed by atoms with E-state index in [4.69, 9.17) is 21.5 Å². The van der Waals surface area contributed by atoms with Gasteiger partial charge in [-0.25, -0.2) is 0 Å². The Morgan fingerprint density at radius 1 is 1.16 bits per heavy atom. The van der Waals surface area contributed by atoms with E-state index in [-0.39, 0.29) is 11.2 Å². The molecule has 0 unspecified atom stereocenters. The molecule has 1 fully saturated rings. The van der Waals surface area contributed by atoms with Crippen LogP contribution in [0.3, 0.4) is 0 Å². The summed E-state index contributed by atoms with van der Waals surface area (Å²) in [5.41, 5.74) is 7.70. The van der Waals surface area contributed by atoms with Crippen molar-refractivity contribution >= 4 is 12.6 Å². The van der Waals surface area contributed by atoms with Crippen LogP contribution in [-0.2, 0) is 15.9 Å². The summed E-state index contributed by atoms with van der Waals surface area (Å²) < 4.78 is 12.0. The Hall–Kier alpha value is -1.28. The zero-order valence-corrected chi connectivity index (χ0v) is 12.0. The lowest BCUT2D eigenvalue weighted by molar-refractivity contribution is 0.00578. The van der Waals surface area contributed by atoms with Gasteiger partial charge in [0.25, 0.3) is 0 Å². The van der Waals surface area contributed by atoms with E-state index < -0.39 is 7.12 Å². The predicted molar refractivity (Wildman–Crippen MR) is 78.0 cm³/mol. The van der Waals surface area contributed by atoms with Gasteiger partial charge in [-0.2, -0.15) is 0 Å². The second-order valence-electron chi connectivity index (χ2n) is 5.90. The molecule has 0 radical (unpaired) electrons. The first kappa shape index (κ1) is 14.1. The monoisotopic (exact) mass is 257 g/mol. The van der Waals surface area contributed by atoms with Crippen molar-refractivity contribution < 1.29 is 9.31 Å². The standard InChI is InChI=1S/C15H20BNO2/c1-6-11-7-12(10-17)9-13(8-11)16-18-14(2,3)15(4,5)19-16/h1,7-9H,10,17H2,2-5H3. The molecule has 0 spiro atoms. The van der Waals surface area contributed by atoms with Crippen LogP contribution in [0.5, 0.6) is 0 Å². The van der Waals surface area contributed by atoms with Crippen molar-refractivity contribution in [2.24, 2.45) is 5.73 Å². The van der Waals surface area contributed by atoms with Gasteiger partial charge in [0.2, 0.25) is 0 Å². The lowest BCUT2D eigenvalue weighted by atomic mass is 9.77. The van der Waals surface area contributed by atoms with Crippen molar-refractivity contribution in [2.75, 3.05) is 0 Å². The highest BCUT2D eigenvalue weighted by Crippen LogP contribution is 2.36. The van der Waals surface area contributed by atoms with Crippen molar-refractivity contribution in [3.8, 4) is 12.3 Å². The molecule has 100 valence electrons. The van der Waals surface area contributed by atoms with Crippen LogP contribution in [0.15, 0.2) is 18.2 Å². The number of nitrogens with two attached hydrogens (primary N) is 1. The normalized spacial score (nSPS) is 20.3. The molecule has 4 heteroatoms. The number of rotatable bonds is 2. The molecule has 1 aromatic carbocycles. The summed E-state index contributed by atoms with van der Waals surface area (Å²) in [4.78, 5) is 0. The fraction of sp³-hybridized carbons (Fsp3) is 0.467. The average molecular weight is 257 g/mol. The van der Waals surface area contributed by atoms with E-state index >= 15 is 0 Å². The van der Waals surface area contributed by atoms with Crippen molar-refractivity contribution in [1.29, 1.82) is 0 Å². The summed E-state index contributed by atoms with van der Waals surface area (Å²) in [6.45, 7) is 8.57. The summed E-state index contributed by atoms with van der Waals surface area (Å²) in [7, 11) is -0.399. The third-order valence-electron chi connectivity index (χ3n) is 3.94. The van der Waals surface area contributed by atoms with Crippen molar-refractivity contribution in [2.45, 2.75) is 45.4 Å². The highest BCUT2D eigenvalue weighted by Gasteiger charge is 2.51. The molecular weight excluding hydrogens is 237 g/mol. The van der Waals surface area contributed by atoms with Crippen LogP contribution < -0.4 is 11.2 Å². The Morgan fingerprint density at radius 2 is 1.74 bits per heavy atom. The van der Waals surface area contributed by atoms with Gasteiger partial charge < -0.3 is 15.0 Å². The lowest BCUT2D eigenvalue weighted by Gasteiger charge is -2.32. The van der Waals surface area contributed by atoms with Crippen LogP contribution in [0.1, 0.15) is 38.8 Å². The number of hydrogen-bond acceptors (Lipinski definition) is 3. The fourth-order valence-electron chi connectivity index (χ4n) is 2.03. The lowest BCUT2D eigenvalue weighted by Crippen LogP contribution is -2.41. The molecule has 1 heterocycles. The largest absolute Gasteiger partial charge is 0.494 e. The summed E-state index contributed by atoms with van der Waals surface area (Å²) in [5.74, 6) is 2.64. The van der Waals surface area contributed by atoms with Gasteiger partial charge in [0, 0.05) is 12.1 Å². The molecule has 0 amide bonds. The first-order valence-corrected chi connectivity index (χ1v) is 6.45. The third-order valence-corrected chi connectivity index (χ3v) is 3.94. The summed E-state index contributed by atoms with van der Waals surface area (Å²) in [5, 5.41) is 0. The van der Waals surface area contributed by atoms with E-state index in [1.807, 2.05) is 45.9 Å². The smallest absolute Gasteiger partial charge is 0.399 e. The van der Waals surface area contributed by atoms with Crippen LogP contribution in [0, 0.1) is 12.3 Å². The summed E-state index contributed by atoms with van der Waals surface area (Å²) in [6, 6.07) is 5.82. The van der Waals surface area contributed by atoms with Gasteiger partial charge >= 0.3 is 7.12 Å². The maximum atomic E-state index is 6.02. The van der Waals surface area contributed by atoms with E-state index in [1.165, 1.54) is 0 Å². The molecule has 2 N–H and O–H groups in total. The van der Waals surface area contributed by atoms with Crippen LogP contribution >= 0.6 is 0 Å². The van der Waals surface area contributed by atoms with Gasteiger partial charge in [0.05, 0.1) is 11.2 Å². The zero-order valence-electron chi connectivity index (χ0n) is 12.0. The molecular formula is C15H20BNO2. The topological polar surface area (TPSA) is 44.5 Å². The van der Waals surface area contributed by atoms with Crippen molar-refractivity contribution in [1.82, 2.24) is 0 Å². The van der Waals surface area contributed by atoms with Crippen LogP contribution in [-0.4, -0.2) is 18.3 Å². The highest BCUT2D eigenvalue weighted by molar-refractivity contribution is 6.62. The first-order valence-electron chi connectivity index (χ1n) is 6.45. The van der Waals surface area contributed by atoms with Gasteiger partial charge in [0.1, 0.15) is 0 Å². The minimum Gasteiger partial charge on any atom is -0.399 e. The van der Waals surface area contributed by atoms with E-state index in [0.717, 1.165) is 16.6 Å². The quantitative estimate of drug-likeness (QED) is 0.643. The van der Waals surface area contributed by atoms with Gasteiger partial charge in [-0.05, 0) is 50.9 Å².